The average Bonchev–Trinajstić information content (AvgIpc) is 3.16. The molecular formula is C16H12ClN5. The fourth-order valence-electron chi connectivity index (χ4n) is 2.54. The van der Waals surface area contributed by atoms with Crippen LogP contribution >= 0.6 is 11.6 Å². The zero-order chi connectivity index (χ0) is 15.1. The van der Waals surface area contributed by atoms with Crippen LogP contribution in [-0.2, 0) is 7.05 Å². The van der Waals surface area contributed by atoms with Crippen LogP contribution in [0.15, 0.2) is 55.4 Å². The van der Waals surface area contributed by atoms with Crippen LogP contribution < -0.4 is 0 Å². The van der Waals surface area contributed by atoms with Gasteiger partial charge in [-0.25, -0.2) is 9.97 Å². The molecule has 0 spiro atoms. The summed E-state index contributed by atoms with van der Waals surface area (Å²) in [5.74, 6) is 0. The molecule has 1 aromatic carbocycles. The van der Waals surface area contributed by atoms with Crippen molar-refractivity contribution in [3.05, 3.63) is 60.5 Å². The summed E-state index contributed by atoms with van der Waals surface area (Å²) in [6, 6.07) is 7.93. The molecule has 0 radical (unpaired) electrons. The molecule has 0 fully saturated rings. The molecule has 0 aliphatic heterocycles. The van der Waals surface area contributed by atoms with Gasteiger partial charge >= 0.3 is 0 Å². The third-order valence-corrected chi connectivity index (χ3v) is 3.90. The molecule has 5 nitrogen and oxygen atoms in total. The number of aryl methyl sites for hydroxylation is 1. The Balaban J connectivity index is 1.86. The summed E-state index contributed by atoms with van der Waals surface area (Å²) in [5.41, 5.74) is 2.89. The number of hydrogen-bond donors (Lipinski definition) is 0. The number of aromatic nitrogens is 5. The molecule has 0 N–H and O–H groups in total. The van der Waals surface area contributed by atoms with E-state index < -0.39 is 0 Å². The quantitative estimate of drug-likeness (QED) is 0.533. The van der Waals surface area contributed by atoms with E-state index in [0.29, 0.717) is 5.15 Å². The number of pyridine rings is 1. The first-order valence-corrected chi connectivity index (χ1v) is 7.17. The second-order valence-corrected chi connectivity index (χ2v) is 5.40. The van der Waals surface area contributed by atoms with Crippen LogP contribution in [0.3, 0.4) is 0 Å². The number of halogens is 1. The van der Waals surface area contributed by atoms with Crippen molar-refractivity contribution in [2.24, 2.45) is 7.05 Å². The normalized spacial score (nSPS) is 11.2. The van der Waals surface area contributed by atoms with Crippen molar-refractivity contribution in [1.82, 2.24) is 24.3 Å². The van der Waals surface area contributed by atoms with E-state index in [1.165, 1.54) is 0 Å². The molecule has 0 aliphatic rings. The zero-order valence-electron chi connectivity index (χ0n) is 11.8. The molecule has 3 heterocycles. The predicted molar refractivity (Wildman–Crippen MR) is 86.1 cm³/mol. The Hall–Kier alpha value is -2.66. The van der Waals surface area contributed by atoms with Gasteiger partial charge in [0.2, 0.25) is 0 Å². The molecule has 22 heavy (non-hydrogen) atoms. The minimum absolute atomic E-state index is 0.506. The minimum atomic E-state index is 0.506. The first kappa shape index (κ1) is 13.0. The third kappa shape index (κ3) is 2.07. The Morgan fingerprint density at radius 2 is 1.95 bits per heavy atom. The second kappa shape index (κ2) is 4.96. The van der Waals surface area contributed by atoms with Gasteiger partial charge in [0.25, 0.3) is 0 Å². The average molecular weight is 310 g/mol. The molecular weight excluding hydrogens is 298 g/mol. The van der Waals surface area contributed by atoms with E-state index in [-0.39, 0.29) is 0 Å². The Labute approximate surface area is 131 Å². The van der Waals surface area contributed by atoms with Crippen molar-refractivity contribution >= 4 is 22.4 Å². The van der Waals surface area contributed by atoms with Crippen LogP contribution in [0.5, 0.6) is 0 Å². The van der Waals surface area contributed by atoms with E-state index in [4.69, 9.17) is 11.6 Å². The molecule has 0 bridgehead atoms. The number of nitrogens with zero attached hydrogens (tertiary/aromatic N) is 5. The summed E-state index contributed by atoms with van der Waals surface area (Å²) < 4.78 is 3.75. The lowest BCUT2D eigenvalue weighted by molar-refractivity contribution is 0.768. The van der Waals surface area contributed by atoms with Crippen molar-refractivity contribution in [2.45, 2.75) is 0 Å². The highest BCUT2D eigenvalue weighted by molar-refractivity contribution is 6.34. The van der Waals surface area contributed by atoms with Gasteiger partial charge in [0.15, 0.2) is 0 Å². The van der Waals surface area contributed by atoms with Crippen molar-refractivity contribution in [3.63, 3.8) is 0 Å². The van der Waals surface area contributed by atoms with Crippen molar-refractivity contribution < 1.29 is 0 Å². The largest absolute Gasteiger partial charge is 0.305 e. The molecule has 6 heteroatoms. The summed E-state index contributed by atoms with van der Waals surface area (Å²) in [5, 5.41) is 6.65. The Kier molecular flexibility index (Phi) is 2.94. The van der Waals surface area contributed by atoms with Gasteiger partial charge in [-0.15, -0.1) is 0 Å². The van der Waals surface area contributed by atoms with Gasteiger partial charge in [-0.05, 0) is 12.1 Å². The highest BCUT2D eigenvalue weighted by atomic mass is 35.5. The van der Waals surface area contributed by atoms with Gasteiger partial charge in [-0.2, -0.15) is 5.10 Å². The number of hydrogen-bond acceptors (Lipinski definition) is 3. The Morgan fingerprint density at radius 3 is 2.77 bits per heavy atom. The SMILES string of the molecule is Cn1cc(-c2cn(-c3cccc4c(Cl)nccc34)cn2)cn1. The van der Waals surface area contributed by atoms with Gasteiger partial charge < -0.3 is 4.57 Å². The molecule has 4 rings (SSSR count). The van der Waals surface area contributed by atoms with Gasteiger partial charge in [0.1, 0.15) is 5.15 Å². The molecule has 0 amide bonds. The predicted octanol–water partition coefficient (Wildman–Crippen LogP) is 3.47. The van der Waals surface area contributed by atoms with Gasteiger partial charge in [-0.1, -0.05) is 23.7 Å². The van der Waals surface area contributed by atoms with E-state index in [9.17, 15) is 0 Å². The maximum absolute atomic E-state index is 6.17. The fourth-order valence-corrected chi connectivity index (χ4v) is 2.76. The van der Waals surface area contributed by atoms with Gasteiger partial charge in [0, 0.05) is 42.0 Å². The van der Waals surface area contributed by atoms with Crippen LogP contribution in [0.4, 0.5) is 0 Å². The number of benzene rings is 1. The molecule has 0 unspecified atom stereocenters. The lowest BCUT2D eigenvalue weighted by atomic mass is 10.1. The van der Waals surface area contributed by atoms with E-state index in [0.717, 1.165) is 27.7 Å². The molecule has 0 aliphatic carbocycles. The number of fused-ring (bicyclic) bond motifs is 1. The maximum atomic E-state index is 6.17. The lowest BCUT2D eigenvalue weighted by Crippen LogP contribution is -1.92. The Morgan fingerprint density at radius 1 is 1.05 bits per heavy atom. The van der Waals surface area contributed by atoms with E-state index in [2.05, 4.69) is 15.1 Å². The van der Waals surface area contributed by atoms with Gasteiger partial charge in [-0.3, -0.25) is 4.68 Å². The van der Waals surface area contributed by atoms with Gasteiger partial charge in [0.05, 0.1) is 23.9 Å². The van der Waals surface area contributed by atoms with Crippen LogP contribution in [0.1, 0.15) is 0 Å². The summed E-state index contributed by atoms with van der Waals surface area (Å²) in [7, 11) is 1.89. The zero-order valence-corrected chi connectivity index (χ0v) is 12.6. The molecule has 0 saturated heterocycles. The minimum Gasteiger partial charge on any atom is -0.305 e. The lowest BCUT2D eigenvalue weighted by Gasteiger charge is -2.07. The van der Waals surface area contributed by atoms with Crippen LogP contribution in [0.25, 0.3) is 27.7 Å². The van der Waals surface area contributed by atoms with Crippen LogP contribution in [0.2, 0.25) is 5.15 Å². The molecule has 0 atom stereocenters. The van der Waals surface area contributed by atoms with E-state index in [1.807, 2.05) is 48.3 Å². The topological polar surface area (TPSA) is 48.5 Å². The molecule has 4 aromatic rings. The Bertz CT molecular complexity index is 970. The van der Waals surface area contributed by atoms with Crippen LogP contribution in [-0.4, -0.2) is 24.3 Å². The number of imidazole rings is 1. The first-order chi connectivity index (χ1) is 10.7. The second-order valence-electron chi connectivity index (χ2n) is 5.04. The van der Waals surface area contributed by atoms with Crippen molar-refractivity contribution in [1.29, 1.82) is 0 Å². The van der Waals surface area contributed by atoms with Crippen molar-refractivity contribution in [2.75, 3.05) is 0 Å². The third-order valence-electron chi connectivity index (χ3n) is 3.60. The smallest absolute Gasteiger partial charge is 0.136 e. The standard InChI is InChI=1S/C16H12ClN5/c1-21-8-11(7-20-21)14-9-22(10-19-14)15-4-2-3-13-12(15)5-6-18-16(13)17/h2-10H,1H3. The van der Waals surface area contributed by atoms with E-state index in [1.54, 1.807) is 23.4 Å². The van der Waals surface area contributed by atoms with Crippen LogP contribution in [0, 0.1) is 0 Å². The van der Waals surface area contributed by atoms with E-state index >= 15 is 0 Å². The number of rotatable bonds is 2. The molecule has 3 aromatic heterocycles. The summed E-state index contributed by atoms with van der Waals surface area (Å²) >= 11 is 6.17. The summed E-state index contributed by atoms with van der Waals surface area (Å²) in [6.45, 7) is 0. The monoisotopic (exact) mass is 309 g/mol. The summed E-state index contributed by atoms with van der Waals surface area (Å²) in [4.78, 5) is 8.59. The maximum Gasteiger partial charge on any atom is 0.136 e. The molecule has 0 saturated carbocycles. The van der Waals surface area contributed by atoms with Crippen molar-refractivity contribution in [3.8, 4) is 16.9 Å². The highest BCUT2D eigenvalue weighted by Gasteiger charge is 2.09. The molecule has 108 valence electrons. The first-order valence-electron chi connectivity index (χ1n) is 6.79. The fraction of sp³-hybridized carbons (Fsp3) is 0.0625. The summed E-state index contributed by atoms with van der Waals surface area (Å²) in [6.07, 6.45) is 9.24. The highest BCUT2D eigenvalue weighted by Crippen LogP contribution is 2.27.